The van der Waals surface area contributed by atoms with Crippen LogP contribution in [-0.2, 0) is 28.6 Å². The first-order chi connectivity index (χ1) is 26.0. The van der Waals surface area contributed by atoms with Crippen LogP contribution in [0.1, 0.15) is 77.6 Å². The normalized spacial score (nSPS) is 33.5. The molecule has 0 bridgehead atoms. The first-order valence-electron chi connectivity index (χ1n) is 17.7. The summed E-state index contributed by atoms with van der Waals surface area (Å²) in [5.74, 6) is -3.41. The summed E-state index contributed by atoms with van der Waals surface area (Å²) in [4.78, 5) is 95.4. The second-order valence-corrected chi connectivity index (χ2v) is 12.9. The molecule has 0 saturated carbocycles. The Morgan fingerprint density at radius 1 is 0.981 bits per heavy atom. The molecule has 20 nitrogen and oxygen atoms in total. The molecule has 0 radical (unpaired) electrons. The van der Waals surface area contributed by atoms with Crippen molar-refractivity contribution in [2.45, 2.75) is 126 Å². The lowest BCUT2D eigenvalue weighted by Crippen LogP contribution is -2.52. The summed E-state index contributed by atoms with van der Waals surface area (Å²) >= 11 is 0. The Bertz CT molecular complexity index is 1420. The summed E-state index contributed by atoms with van der Waals surface area (Å²) in [7, 11) is 0. The zero-order chi connectivity index (χ0) is 39.8. The lowest BCUT2D eigenvalue weighted by Gasteiger charge is -2.35. The van der Waals surface area contributed by atoms with Crippen molar-refractivity contribution in [1.82, 2.24) is 0 Å². The molecule has 296 valence electrons. The summed E-state index contributed by atoms with van der Waals surface area (Å²) in [5, 5.41) is 32.8. The number of hydrogen-bond acceptors (Lipinski definition) is 18. The average molecular weight is 761 g/mol. The number of cyclic esters (lactones) is 1. The third-order valence-corrected chi connectivity index (χ3v) is 8.65. The van der Waals surface area contributed by atoms with E-state index < -0.39 is 84.9 Å². The van der Waals surface area contributed by atoms with Crippen molar-refractivity contribution >= 4 is 17.8 Å². The molecule has 0 aliphatic carbocycles. The van der Waals surface area contributed by atoms with E-state index in [1.54, 1.807) is 48.6 Å². The number of hydrogen-bond donors (Lipinski definition) is 2. The molecule has 0 aromatic carbocycles. The van der Waals surface area contributed by atoms with Crippen LogP contribution in [0.2, 0.25) is 0 Å². The van der Waals surface area contributed by atoms with E-state index in [9.17, 15) is 44.0 Å². The van der Waals surface area contributed by atoms with E-state index in [1.165, 1.54) is 0 Å². The average Bonchev–Trinajstić information content (AvgIpc) is 3.16. The summed E-state index contributed by atoms with van der Waals surface area (Å²) < 4.78 is 16.9. The Balaban J connectivity index is 2.39. The first kappa shape index (κ1) is 45.4. The van der Waals surface area contributed by atoms with E-state index in [-0.39, 0.29) is 51.7 Å². The van der Waals surface area contributed by atoms with Crippen LogP contribution in [0.3, 0.4) is 0 Å². The smallest absolute Gasteiger partial charge is 0.307 e. The van der Waals surface area contributed by atoms with Gasteiger partial charge >= 0.3 is 5.97 Å². The van der Waals surface area contributed by atoms with Gasteiger partial charge in [0.05, 0.1) is 31.8 Å². The second kappa shape index (κ2) is 25.3. The molecule has 2 rings (SSSR count). The van der Waals surface area contributed by atoms with Gasteiger partial charge in [0, 0.05) is 36.4 Å². The highest BCUT2D eigenvalue weighted by molar-refractivity contribution is 5.79. The second-order valence-electron chi connectivity index (χ2n) is 12.9. The third kappa shape index (κ3) is 16.5. The summed E-state index contributed by atoms with van der Waals surface area (Å²) in [5.41, 5.74) is 3.62. The molecule has 9 atom stereocenters. The van der Waals surface area contributed by atoms with Crippen molar-refractivity contribution in [2.24, 2.45) is 47.8 Å². The third-order valence-electron chi connectivity index (χ3n) is 8.65. The molecule has 2 heterocycles. The number of esters is 1. The standard InChI is InChI=1S/C34H48N8O12/c1-2-3-13-28(43)36-37-30-27(39-48)22-53-33(31(30)40-49)54-26-12-10-8-6-4-5-7-9-11-18-52-29(44)20-24(35)19-25(38-47)21-34(46,42-51)17-16-23(14-15-26)32(45)41-50/h4-10,12,23-27,30-31,33,46H,2-3,11,13-22,35H2,1H3/b5-4+,8-6+,9-7+,12-10+,37-36?/t23-,24+,25-,26?,27+,30-,31-,33?,34-/m1/s1. The number of allylic oxidation sites excluding steroid dienone is 6. The number of nitrogens with two attached hydrogens (primary N) is 1. The molecule has 3 N–H and O–H groups in total. The van der Waals surface area contributed by atoms with E-state index in [2.05, 4.69) is 36.1 Å². The van der Waals surface area contributed by atoms with Crippen LogP contribution in [0.4, 0.5) is 0 Å². The number of carbonyl (C=O) groups is 3. The van der Waals surface area contributed by atoms with Gasteiger partial charge in [-0.1, -0.05) is 77.5 Å². The number of azo groups is 1. The van der Waals surface area contributed by atoms with Gasteiger partial charge in [0.2, 0.25) is 0 Å². The lowest BCUT2D eigenvalue weighted by atomic mass is 9.88. The molecule has 20 heteroatoms. The Labute approximate surface area is 311 Å². The quantitative estimate of drug-likeness (QED) is 0.154. The Morgan fingerprint density at radius 3 is 2.39 bits per heavy atom. The molecule has 54 heavy (non-hydrogen) atoms. The fraction of sp³-hybridized carbons (Fsp3) is 0.676. The maximum absolute atomic E-state index is 12.6. The fourth-order valence-electron chi connectivity index (χ4n) is 5.67. The molecule has 0 aromatic rings. The number of nitrogens with zero attached hydrogens (tertiary/aromatic N) is 7. The molecule has 2 aliphatic heterocycles. The topological polar surface area (TPSA) is 297 Å². The highest BCUT2D eigenvalue weighted by atomic mass is 16.7. The molecular formula is C34H48N8O12. The highest BCUT2D eigenvalue weighted by Crippen LogP contribution is 2.31. The van der Waals surface area contributed by atoms with Crippen molar-refractivity contribution in [3.05, 3.63) is 73.1 Å². The largest absolute Gasteiger partial charge is 0.465 e. The van der Waals surface area contributed by atoms with Gasteiger partial charge in [0.1, 0.15) is 12.1 Å². The van der Waals surface area contributed by atoms with E-state index >= 15 is 0 Å². The SMILES string of the molecule is CCCCC(=O)N=N[C@@H]1[C@@H](N=O)COC(OC2/C=C/C=C/C=C/C=C/CCOC(=O)C[C@@H](N)C[C@@H](N=O)C[C@@](O)(N=O)CC[C@H](C(=O)N=O)CC2)[C@@H]1N=O. The van der Waals surface area contributed by atoms with E-state index in [4.69, 9.17) is 19.9 Å². The lowest BCUT2D eigenvalue weighted by molar-refractivity contribution is -0.196. The molecule has 1 saturated heterocycles. The summed E-state index contributed by atoms with van der Waals surface area (Å²) in [6.07, 6.45) is 11.1. The molecular weight excluding hydrogens is 712 g/mol. The van der Waals surface area contributed by atoms with Crippen molar-refractivity contribution in [3.8, 4) is 0 Å². The highest BCUT2D eigenvalue weighted by Gasteiger charge is 2.45. The first-order valence-corrected chi connectivity index (χ1v) is 17.7. The minimum absolute atomic E-state index is 0.00620. The maximum atomic E-state index is 12.6. The zero-order valence-electron chi connectivity index (χ0n) is 30.1. The maximum Gasteiger partial charge on any atom is 0.307 e. The summed E-state index contributed by atoms with van der Waals surface area (Å²) in [6, 6.07) is -6.04. The van der Waals surface area contributed by atoms with E-state index in [1.807, 2.05) is 6.92 Å². The van der Waals surface area contributed by atoms with Gasteiger partial charge < -0.3 is 25.1 Å². The molecule has 0 spiro atoms. The van der Waals surface area contributed by atoms with Crippen LogP contribution in [0.25, 0.3) is 0 Å². The van der Waals surface area contributed by atoms with Gasteiger partial charge in [-0.2, -0.15) is 19.8 Å². The van der Waals surface area contributed by atoms with Crippen molar-refractivity contribution in [1.29, 1.82) is 0 Å². The molecule has 2 unspecified atom stereocenters. The van der Waals surface area contributed by atoms with Gasteiger partial charge in [0.15, 0.2) is 18.1 Å². The van der Waals surface area contributed by atoms with Crippen LogP contribution >= 0.6 is 0 Å². The van der Waals surface area contributed by atoms with E-state index in [0.717, 1.165) is 6.42 Å². The van der Waals surface area contributed by atoms with E-state index in [0.29, 0.717) is 12.8 Å². The Morgan fingerprint density at radius 2 is 1.72 bits per heavy atom. The van der Waals surface area contributed by atoms with Crippen LogP contribution < -0.4 is 5.73 Å². The van der Waals surface area contributed by atoms with Gasteiger partial charge in [-0.05, 0) is 43.7 Å². The predicted octanol–water partition coefficient (Wildman–Crippen LogP) is 5.26. The number of unbranched alkanes of at least 4 members (excludes halogenated alkanes) is 1. The minimum Gasteiger partial charge on any atom is -0.465 e. The Kier molecular flexibility index (Phi) is 21.2. The van der Waals surface area contributed by atoms with Crippen LogP contribution in [0.15, 0.2) is 84.7 Å². The Hall–Kier alpha value is -4.79. The number of ether oxygens (including phenoxy) is 3. The molecule has 2 amide bonds. The number of aliphatic hydroxyl groups is 1. The number of amides is 2. The van der Waals surface area contributed by atoms with Crippen LogP contribution in [-0.4, -0.2) is 84.4 Å². The number of nitroso groups, excluding NO2 is 5. The number of rotatable bonds is 11. The van der Waals surface area contributed by atoms with Crippen LogP contribution in [0, 0.1) is 30.5 Å². The van der Waals surface area contributed by atoms with Crippen molar-refractivity contribution < 1.29 is 33.7 Å². The van der Waals surface area contributed by atoms with Gasteiger partial charge in [0.25, 0.3) is 11.8 Å². The molecule has 2 aliphatic rings. The minimum atomic E-state index is -2.39. The molecule has 0 aromatic heterocycles. The van der Waals surface area contributed by atoms with Gasteiger partial charge in [-0.25, -0.2) is 0 Å². The zero-order valence-corrected chi connectivity index (χ0v) is 30.1. The monoisotopic (exact) mass is 760 g/mol. The fourth-order valence-corrected chi connectivity index (χ4v) is 5.67. The van der Waals surface area contributed by atoms with Gasteiger partial charge in [-0.3, -0.25) is 14.4 Å². The van der Waals surface area contributed by atoms with Crippen molar-refractivity contribution in [2.75, 3.05) is 13.2 Å². The van der Waals surface area contributed by atoms with Crippen LogP contribution in [0.5, 0.6) is 0 Å². The number of carbonyl (C=O) groups excluding carboxylic acids is 3. The van der Waals surface area contributed by atoms with Gasteiger partial charge in [-0.15, -0.1) is 14.9 Å². The predicted molar refractivity (Wildman–Crippen MR) is 194 cm³/mol. The summed E-state index contributed by atoms with van der Waals surface area (Å²) in [6.45, 7) is 1.63. The van der Waals surface area contributed by atoms with Crippen molar-refractivity contribution in [3.63, 3.8) is 0 Å². The molecule has 1 fully saturated rings.